The normalized spacial score (nSPS) is 15.2. The average molecular weight is 296 g/mol. The SMILES string of the molecule is CCNC(=O)N1CCN(C(=O)CCc2nccs2)CC1. The molecular weight excluding hydrogens is 276 g/mol. The Labute approximate surface area is 122 Å². The lowest BCUT2D eigenvalue weighted by molar-refractivity contribution is -0.132. The van der Waals surface area contributed by atoms with Gasteiger partial charge in [-0.3, -0.25) is 4.79 Å². The van der Waals surface area contributed by atoms with Crippen LogP contribution in [-0.2, 0) is 11.2 Å². The number of aromatic nitrogens is 1. The maximum Gasteiger partial charge on any atom is 0.317 e. The Morgan fingerprint density at radius 1 is 1.30 bits per heavy atom. The number of thiazole rings is 1. The van der Waals surface area contributed by atoms with E-state index in [1.54, 1.807) is 22.4 Å². The fourth-order valence-corrected chi connectivity index (χ4v) is 2.79. The summed E-state index contributed by atoms with van der Waals surface area (Å²) in [6.45, 7) is 4.98. The molecular formula is C13H20N4O2S. The van der Waals surface area contributed by atoms with Crippen LogP contribution < -0.4 is 5.32 Å². The second-order valence-electron chi connectivity index (χ2n) is 4.63. The number of aryl methyl sites for hydroxylation is 1. The highest BCUT2D eigenvalue weighted by molar-refractivity contribution is 7.09. The molecule has 1 aromatic rings. The average Bonchev–Trinajstić information content (AvgIpc) is 2.98. The summed E-state index contributed by atoms with van der Waals surface area (Å²) in [5, 5.41) is 5.70. The molecule has 0 atom stereocenters. The molecule has 6 nitrogen and oxygen atoms in total. The van der Waals surface area contributed by atoms with Gasteiger partial charge in [-0.15, -0.1) is 11.3 Å². The second kappa shape index (κ2) is 7.23. The Hall–Kier alpha value is -1.63. The van der Waals surface area contributed by atoms with E-state index in [1.807, 2.05) is 17.2 Å². The number of piperazine rings is 1. The number of rotatable bonds is 4. The van der Waals surface area contributed by atoms with Crippen LogP contribution >= 0.6 is 11.3 Å². The van der Waals surface area contributed by atoms with E-state index in [0.717, 1.165) is 5.01 Å². The van der Waals surface area contributed by atoms with Gasteiger partial charge in [0.15, 0.2) is 0 Å². The molecule has 0 radical (unpaired) electrons. The van der Waals surface area contributed by atoms with Gasteiger partial charge in [-0.1, -0.05) is 0 Å². The molecule has 0 aromatic carbocycles. The first-order valence-corrected chi connectivity index (χ1v) is 7.77. The Kier molecular flexibility index (Phi) is 5.34. The number of nitrogens with zero attached hydrogens (tertiary/aromatic N) is 3. The van der Waals surface area contributed by atoms with Crippen molar-refractivity contribution in [1.29, 1.82) is 0 Å². The largest absolute Gasteiger partial charge is 0.339 e. The Balaban J connectivity index is 1.73. The minimum absolute atomic E-state index is 0.0395. The third kappa shape index (κ3) is 3.93. The fraction of sp³-hybridized carbons (Fsp3) is 0.615. The summed E-state index contributed by atoms with van der Waals surface area (Å²) >= 11 is 1.58. The molecule has 20 heavy (non-hydrogen) atoms. The Morgan fingerprint density at radius 3 is 2.60 bits per heavy atom. The second-order valence-corrected chi connectivity index (χ2v) is 5.61. The van der Waals surface area contributed by atoms with Crippen molar-refractivity contribution in [2.24, 2.45) is 0 Å². The van der Waals surface area contributed by atoms with Gasteiger partial charge in [0.1, 0.15) is 0 Å². The lowest BCUT2D eigenvalue weighted by Gasteiger charge is -2.34. The zero-order valence-corrected chi connectivity index (χ0v) is 12.5. The van der Waals surface area contributed by atoms with Crippen molar-refractivity contribution >= 4 is 23.3 Å². The highest BCUT2D eigenvalue weighted by Gasteiger charge is 2.23. The van der Waals surface area contributed by atoms with Crippen molar-refractivity contribution in [3.8, 4) is 0 Å². The summed E-state index contributed by atoms with van der Waals surface area (Å²) in [6.07, 6.45) is 2.96. The Bertz CT molecular complexity index is 441. The molecule has 0 bridgehead atoms. The molecule has 1 N–H and O–H groups in total. The van der Waals surface area contributed by atoms with Crippen molar-refractivity contribution in [1.82, 2.24) is 20.1 Å². The van der Waals surface area contributed by atoms with E-state index in [-0.39, 0.29) is 11.9 Å². The van der Waals surface area contributed by atoms with Crippen LogP contribution in [-0.4, -0.2) is 59.4 Å². The zero-order chi connectivity index (χ0) is 14.4. The van der Waals surface area contributed by atoms with E-state index in [9.17, 15) is 9.59 Å². The fourth-order valence-electron chi connectivity index (χ4n) is 2.17. The van der Waals surface area contributed by atoms with E-state index in [0.29, 0.717) is 45.6 Å². The molecule has 3 amide bonds. The molecule has 0 aliphatic carbocycles. The lowest BCUT2D eigenvalue weighted by atomic mass is 10.2. The molecule has 1 aliphatic heterocycles. The van der Waals surface area contributed by atoms with Crippen LogP contribution in [0.2, 0.25) is 0 Å². The smallest absolute Gasteiger partial charge is 0.317 e. The summed E-state index contributed by atoms with van der Waals surface area (Å²) in [5.41, 5.74) is 0. The molecule has 2 rings (SSSR count). The minimum atomic E-state index is -0.0395. The molecule has 2 heterocycles. The molecule has 1 aromatic heterocycles. The first kappa shape index (κ1) is 14.8. The number of hydrogen-bond donors (Lipinski definition) is 1. The number of carbonyl (C=O) groups excluding carboxylic acids is 2. The number of carbonyl (C=O) groups is 2. The molecule has 1 saturated heterocycles. The maximum atomic E-state index is 12.1. The van der Waals surface area contributed by atoms with Crippen LogP contribution in [0.4, 0.5) is 4.79 Å². The Morgan fingerprint density at radius 2 is 2.00 bits per heavy atom. The molecule has 1 aliphatic rings. The molecule has 110 valence electrons. The quantitative estimate of drug-likeness (QED) is 0.899. The van der Waals surface area contributed by atoms with Gasteiger partial charge in [-0.2, -0.15) is 0 Å². The van der Waals surface area contributed by atoms with Crippen molar-refractivity contribution in [3.05, 3.63) is 16.6 Å². The standard InChI is InChI=1S/C13H20N4O2S/c1-2-14-13(19)17-8-6-16(7-9-17)12(18)4-3-11-15-5-10-20-11/h5,10H,2-4,6-9H2,1H3,(H,14,19). The van der Waals surface area contributed by atoms with Crippen LogP contribution in [0.25, 0.3) is 0 Å². The van der Waals surface area contributed by atoms with Crippen molar-refractivity contribution in [3.63, 3.8) is 0 Å². The van der Waals surface area contributed by atoms with Crippen LogP contribution in [0, 0.1) is 0 Å². The third-order valence-corrected chi connectivity index (χ3v) is 4.12. The summed E-state index contributed by atoms with van der Waals surface area (Å²) < 4.78 is 0. The summed E-state index contributed by atoms with van der Waals surface area (Å²) in [4.78, 5) is 31.5. The van der Waals surface area contributed by atoms with E-state index in [4.69, 9.17) is 0 Å². The van der Waals surface area contributed by atoms with E-state index < -0.39 is 0 Å². The highest BCUT2D eigenvalue weighted by Crippen LogP contribution is 2.10. The van der Waals surface area contributed by atoms with Gasteiger partial charge < -0.3 is 15.1 Å². The molecule has 7 heteroatoms. The van der Waals surface area contributed by atoms with Gasteiger partial charge in [-0.05, 0) is 6.92 Å². The molecule has 0 saturated carbocycles. The summed E-state index contributed by atoms with van der Waals surface area (Å²) in [7, 11) is 0. The van der Waals surface area contributed by atoms with E-state index in [1.165, 1.54) is 0 Å². The van der Waals surface area contributed by atoms with Crippen molar-refractivity contribution in [2.45, 2.75) is 19.8 Å². The summed E-state index contributed by atoms with van der Waals surface area (Å²) in [6, 6.07) is -0.0395. The third-order valence-electron chi connectivity index (χ3n) is 3.28. The van der Waals surface area contributed by atoms with Gasteiger partial charge in [0.2, 0.25) is 5.91 Å². The number of urea groups is 1. The van der Waals surface area contributed by atoms with Crippen molar-refractivity contribution < 1.29 is 9.59 Å². The predicted octanol–water partition coefficient (Wildman–Crippen LogP) is 0.949. The van der Waals surface area contributed by atoms with Gasteiger partial charge >= 0.3 is 6.03 Å². The maximum absolute atomic E-state index is 12.1. The first-order valence-electron chi connectivity index (χ1n) is 6.89. The molecule has 0 unspecified atom stereocenters. The van der Waals surface area contributed by atoms with E-state index >= 15 is 0 Å². The van der Waals surface area contributed by atoms with Gasteiger partial charge in [-0.25, -0.2) is 9.78 Å². The number of nitrogens with one attached hydrogen (secondary N) is 1. The topological polar surface area (TPSA) is 65.5 Å². The summed E-state index contributed by atoms with van der Waals surface area (Å²) in [5.74, 6) is 0.149. The van der Waals surface area contributed by atoms with Gasteiger partial charge in [0.05, 0.1) is 5.01 Å². The van der Waals surface area contributed by atoms with Crippen LogP contribution in [0.5, 0.6) is 0 Å². The number of hydrogen-bond acceptors (Lipinski definition) is 4. The van der Waals surface area contributed by atoms with Crippen LogP contribution in [0.1, 0.15) is 18.4 Å². The van der Waals surface area contributed by atoms with Crippen molar-refractivity contribution in [2.75, 3.05) is 32.7 Å². The predicted molar refractivity (Wildman–Crippen MR) is 77.7 cm³/mol. The number of amides is 3. The minimum Gasteiger partial charge on any atom is -0.339 e. The molecule has 0 spiro atoms. The van der Waals surface area contributed by atoms with E-state index in [2.05, 4.69) is 10.3 Å². The van der Waals surface area contributed by atoms with Crippen LogP contribution in [0.15, 0.2) is 11.6 Å². The monoisotopic (exact) mass is 296 g/mol. The zero-order valence-electron chi connectivity index (χ0n) is 11.7. The highest BCUT2D eigenvalue weighted by atomic mass is 32.1. The van der Waals surface area contributed by atoms with Gasteiger partial charge in [0, 0.05) is 57.1 Å². The van der Waals surface area contributed by atoms with Crippen LogP contribution in [0.3, 0.4) is 0 Å². The van der Waals surface area contributed by atoms with Gasteiger partial charge in [0.25, 0.3) is 0 Å². The first-order chi connectivity index (χ1) is 9.70. The lowest BCUT2D eigenvalue weighted by Crippen LogP contribution is -2.53. The molecule has 1 fully saturated rings.